The third-order valence-electron chi connectivity index (χ3n) is 4.67. The van der Waals surface area contributed by atoms with E-state index < -0.39 is 0 Å². The molecule has 0 spiro atoms. The van der Waals surface area contributed by atoms with Crippen molar-refractivity contribution in [3.8, 4) is 0 Å². The molecular weight excluding hydrogens is 268 g/mol. The molecule has 112 valence electrons. The van der Waals surface area contributed by atoms with E-state index >= 15 is 0 Å². The van der Waals surface area contributed by atoms with Crippen molar-refractivity contribution in [3.05, 3.63) is 18.0 Å². The topological polar surface area (TPSA) is 55.9 Å². The molecule has 1 aromatic heterocycles. The second-order valence-corrected chi connectivity index (χ2v) is 7.45. The Bertz CT molecular complexity index is 408. The van der Waals surface area contributed by atoms with Crippen LogP contribution in [0.4, 0.5) is 0 Å². The molecule has 4 nitrogen and oxygen atoms in total. The summed E-state index contributed by atoms with van der Waals surface area (Å²) in [5.74, 6) is 7.03. The van der Waals surface area contributed by atoms with Gasteiger partial charge in [0.1, 0.15) is 0 Å². The van der Waals surface area contributed by atoms with Gasteiger partial charge in [-0.3, -0.25) is 16.0 Å². The van der Waals surface area contributed by atoms with Crippen LogP contribution in [-0.4, -0.2) is 26.8 Å². The first kappa shape index (κ1) is 14.4. The normalized spacial score (nSPS) is 25.9. The van der Waals surface area contributed by atoms with E-state index in [1.165, 1.54) is 56.4 Å². The van der Waals surface area contributed by atoms with Crippen LogP contribution in [0.25, 0.3) is 0 Å². The van der Waals surface area contributed by atoms with E-state index in [-0.39, 0.29) is 0 Å². The number of nitrogens with one attached hydrogen (secondary N) is 1. The van der Waals surface area contributed by atoms with E-state index in [2.05, 4.69) is 34.1 Å². The SMILES string of the molecule is NNC(Cc1ccn(C2CCCCC2)n1)C1CCCS1. The van der Waals surface area contributed by atoms with Crippen molar-refractivity contribution in [2.45, 2.75) is 68.7 Å². The Morgan fingerprint density at radius 1 is 1.30 bits per heavy atom. The van der Waals surface area contributed by atoms with Crippen LogP contribution in [0.2, 0.25) is 0 Å². The predicted molar refractivity (Wildman–Crippen MR) is 84.6 cm³/mol. The highest BCUT2D eigenvalue weighted by Gasteiger charge is 2.26. The van der Waals surface area contributed by atoms with Gasteiger partial charge in [-0.15, -0.1) is 0 Å². The van der Waals surface area contributed by atoms with Crippen molar-refractivity contribution in [2.75, 3.05) is 5.75 Å². The van der Waals surface area contributed by atoms with E-state index in [1.807, 2.05) is 0 Å². The van der Waals surface area contributed by atoms with E-state index in [0.717, 1.165) is 6.42 Å². The molecule has 3 rings (SSSR count). The molecule has 1 saturated carbocycles. The lowest BCUT2D eigenvalue weighted by molar-refractivity contribution is 0.327. The molecule has 2 unspecified atom stereocenters. The summed E-state index contributed by atoms with van der Waals surface area (Å²) in [6.45, 7) is 0. The minimum atomic E-state index is 0.359. The number of nitrogens with two attached hydrogens (primary N) is 1. The summed E-state index contributed by atoms with van der Waals surface area (Å²) >= 11 is 2.05. The molecule has 0 aromatic carbocycles. The Labute approximate surface area is 125 Å². The summed E-state index contributed by atoms with van der Waals surface area (Å²) in [4.78, 5) is 0. The van der Waals surface area contributed by atoms with E-state index in [0.29, 0.717) is 17.3 Å². The number of nitrogens with zero attached hydrogens (tertiary/aromatic N) is 2. The Morgan fingerprint density at radius 3 is 2.85 bits per heavy atom. The van der Waals surface area contributed by atoms with Crippen molar-refractivity contribution < 1.29 is 0 Å². The van der Waals surface area contributed by atoms with Crippen LogP contribution in [0.3, 0.4) is 0 Å². The van der Waals surface area contributed by atoms with Crippen molar-refractivity contribution in [1.29, 1.82) is 0 Å². The molecule has 2 atom stereocenters. The Kier molecular flexibility index (Phi) is 5.02. The van der Waals surface area contributed by atoms with Gasteiger partial charge < -0.3 is 0 Å². The average molecular weight is 294 g/mol. The average Bonchev–Trinajstić information content (AvgIpc) is 3.17. The van der Waals surface area contributed by atoms with Crippen LogP contribution in [0, 0.1) is 0 Å². The van der Waals surface area contributed by atoms with Crippen LogP contribution in [0.1, 0.15) is 56.7 Å². The summed E-state index contributed by atoms with van der Waals surface area (Å²) in [6, 6.07) is 3.17. The first-order chi connectivity index (χ1) is 9.86. The molecule has 20 heavy (non-hydrogen) atoms. The standard InChI is InChI=1S/C15H26N4S/c16-17-14(15-7-4-10-20-15)11-12-8-9-19(18-12)13-5-2-1-3-6-13/h8-9,13-15,17H,1-7,10-11,16H2. The maximum absolute atomic E-state index is 5.75. The second kappa shape index (κ2) is 6.96. The van der Waals surface area contributed by atoms with Crippen molar-refractivity contribution in [3.63, 3.8) is 0 Å². The quantitative estimate of drug-likeness (QED) is 0.647. The number of hydrogen-bond donors (Lipinski definition) is 2. The largest absolute Gasteiger partial charge is 0.271 e. The minimum absolute atomic E-state index is 0.359. The smallest absolute Gasteiger partial charge is 0.0641 e. The molecule has 2 aliphatic rings. The maximum atomic E-state index is 5.75. The summed E-state index contributed by atoms with van der Waals surface area (Å²) in [5, 5.41) is 5.46. The molecule has 2 heterocycles. The zero-order valence-electron chi connectivity index (χ0n) is 12.1. The molecule has 5 heteroatoms. The monoisotopic (exact) mass is 294 g/mol. The van der Waals surface area contributed by atoms with Crippen LogP contribution >= 0.6 is 11.8 Å². The fraction of sp³-hybridized carbons (Fsp3) is 0.800. The molecule has 1 aliphatic carbocycles. The van der Waals surface area contributed by atoms with Crippen LogP contribution in [-0.2, 0) is 6.42 Å². The summed E-state index contributed by atoms with van der Waals surface area (Å²) in [6.07, 6.45) is 12.4. The number of thioether (sulfide) groups is 1. The van der Waals surface area contributed by atoms with Gasteiger partial charge in [-0.05, 0) is 37.5 Å². The van der Waals surface area contributed by atoms with Crippen molar-refractivity contribution in [1.82, 2.24) is 15.2 Å². The van der Waals surface area contributed by atoms with Crippen LogP contribution in [0.5, 0.6) is 0 Å². The molecule has 2 fully saturated rings. The number of hydrazine groups is 1. The van der Waals surface area contributed by atoms with Gasteiger partial charge in [0.05, 0.1) is 11.7 Å². The Hall–Kier alpha value is -0.520. The van der Waals surface area contributed by atoms with Gasteiger partial charge >= 0.3 is 0 Å². The van der Waals surface area contributed by atoms with E-state index in [1.54, 1.807) is 0 Å². The van der Waals surface area contributed by atoms with Gasteiger partial charge in [-0.1, -0.05) is 19.3 Å². The summed E-state index contributed by atoms with van der Waals surface area (Å²) in [5.41, 5.74) is 4.20. The van der Waals surface area contributed by atoms with Crippen molar-refractivity contribution in [2.24, 2.45) is 5.84 Å². The van der Waals surface area contributed by atoms with Gasteiger partial charge in [0, 0.05) is 23.9 Å². The van der Waals surface area contributed by atoms with Gasteiger partial charge in [-0.25, -0.2) is 0 Å². The fourth-order valence-corrected chi connectivity index (χ4v) is 4.85. The fourth-order valence-electron chi connectivity index (χ4n) is 3.48. The first-order valence-corrected chi connectivity index (χ1v) is 9.03. The highest BCUT2D eigenvalue weighted by Crippen LogP contribution is 2.30. The lowest BCUT2D eigenvalue weighted by Gasteiger charge is -2.22. The summed E-state index contributed by atoms with van der Waals surface area (Å²) < 4.78 is 2.20. The Balaban J connectivity index is 1.60. The molecule has 1 aliphatic heterocycles. The first-order valence-electron chi connectivity index (χ1n) is 7.98. The molecule has 1 saturated heterocycles. The van der Waals surface area contributed by atoms with Crippen LogP contribution < -0.4 is 11.3 Å². The maximum Gasteiger partial charge on any atom is 0.0641 e. The minimum Gasteiger partial charge on any atom is -0.271 e. The van der Waals surface area contributed by atoms with Gasteiger partial charge in [0.2, 0.25) is 0 Å². The van der Waals surface area contributed by atoms with Crippen LogP contribution in [0.15, 0.2) is 12.3 Å². The van der Waals surface area contributed by atoms with Crippen molar-refractivity contribution >= 4 is 11.8 Å². The molecule has 1 aromatic rings. The number of aromatic nitrogens is 2. The molecular formula is C15H26N4S. The van der Waals surface area contributed by atoms with E-state index in [9.17, 15) is 0 Å². The highest BCUT2D eigenvalue weighted by molar-refractivity contribution is 8.00. The van der Waals surface area contributed by atoms with Gasteiger partial charge in [0.25, 0.3) is 0 Å². The molecule has 0 radical (unpaired) electrons. The molecule has 0 amide bonds. The van der Waals surface area contributed by atoms with Gasteiger partial charge in [-0.2, -0.15) is 16.9 Å². The predicted octanol–water partition coefficient (Wildman–Crippen LogP) is 2.66. The Morgan fingerprint density at radius 2 is 2.15 bits per heavy atom. The zero-order chi connectivity index (χ0) is 13.8. The number of rotatable bonds is 5. The van der Waals surface area contributed by atoms with Gasteiger partial charge in [0.15, 0.2) is 0 Å². The second-order valence-electron chi connectivity index (χ2n) is 6.11. The highest BCUT2D eigenvalue weighted by atomic mass is 32.2. The number of hydrogen-bond acceptors (Lipinski definition) is 4. The molecule has 3 N–H and O–H groups in total. The lowest BCUT2D eigenvalue weighted by Crippen LogP contribution is -2.43. The zero-order valence-corrected chi connectivity index (χ0v) is 12.9. The van der Waals surface area contributed by atoms with E-state index in [4.69, 9.17) is 10.9 Å². The summed E-state index contributed by atoms with van der Waals surface area (Å²) in [7, 11) is 0. The third kappa shape index (κ3) is 3.38. The molecule has 0 bridgehead atoms. The lowest BCUT2D eigenvalue weighted by atomic mass is 9.96. The third-order valence-corrected chi connectivity index (χ3v) is 6.19.